The number of rotatable bonds is 8. The van der Waals surface area contributed by atoms with Crippen LogP contribution >= 0.6 is 0 Å². The lowest BCUT2D eigenvalue weighted by Gasteiger charge is -2.38. The highest BCUT2D eigenvalue weighted by molar-refractivity contribution is 5.67. The molecule has 0 saturated carbocycles. The van der Waals surface area contributed by atoms with E-state index in [1.54, 1.807) is 28.4 Å². The Kier molecular flexibility index (Phi) is 7.15. The van der Waals surface area contributed by atoms with Gasteiger partial charge in [0.2, 0.25) is 5.75 Å². The smallest absolute Gasteiger partial charge is 0.203 e. The first-order valence-electron chi connectivity index (χ1n) is 10.9. The molecule has 4 nitrogen and oxygen atoms in total. The van der Waals surface area contributed by atoms with Gasteiger partial charge in [0.1, 0.15) is 5.60 Å². The Balaban J connectivity index is 2.52. The summed E-state index contributed by atoms with van der Waals surface area (Å²) in [5, 5.41) is 0. The molecular weight excluding hydrogens is 400 g/mol. The first-order chi connectivity index (χ1) is 15.4. The fraction of sp³-hybridized carbons (Fsp3) is 0.357. The molecule has 0 N–H and O–H groups in total. The van der Waals surface area contributed by atoms with Crippen molar-refractivity contribution in [3.05, 3.63) is 88.0 Å². The molecular formula is C28H34O4. The van der Waals surface area contributed by atoms with E-state index >= 15 is 0 Å². The van der Waals surface area contributed by atoms with Crippen molar-refractivity contribution >= 4 is 0 Å². The van der Waals surface area contributed by atoms with Gasteiger partial charge in [-0.25, -0.2) is 0 Å². The molecule has 1 unspecified atom stereocenters. The van der Waals surface area contributed by atoms with Gasteiger partial charge in [-0.2, -0.15) is 0 Å². The maximum Gasteiger partial charge on any atom is 0.203 e. The molecule has 0 aliphatic rings. The molecule has 4 heteroatoms. The Morgan fingerprint density at radius 1 is 0.656 bits per heavy atom. The predicted molar refractivity (Wildman–Crippen MR) is 129 cm³/mol. The topological polar surface area (TPSA) is 36.9 Å². The van der Waals surface area contributed by atoms with Gasteiger partial charge in [-0.05, 0) is 36.5 Å². The van der Waals surface area contributed by atoms with Crippen LogP contribution in [0.4, 0.5) is 0 Å². The summed E-state index contributed by atoms with van der Waals surface area (Å²) in [4.78, 5) is 0. The van der Waals surface area contributed by atoms with Gasteiger partial charge in [-0.1, -0.05) is 68.4 Å². The van der Waals surface area contributed by atoms with Crippen molar-refractivity contribution in [1.82, 2.24) is 0 Å². The molecule has 32 heavy (non-hydrogen) atoms. The average Bonchev–Trinajstić information content (AvgIpc) is 2.82. The van der Waals surface area contributed by atoms with Crippen molar-refractivity contribution < 1.29 is 18.9 Å². The normalized spacial score (nSPS) is 13.0. The Bertz CT molecular complexity index is 1040. The van der Waals surface area contributed by atoms with E-state index in [0.29, 0.717) is 23.2 Å². The van der Waals surface area contributed by atoms with Gasteiger partial charge in [0, 0.05) is 23.8 Å². The Morgan fingerprint density at radius 2 is 1.19 bits per heavy atom. The van der Waals surface area contributed by atoms with Crippen molar-refractivity contribution in [2.75, 3.05) is 28.4 Å². The van der Waals surface area contributed by atoms with E-state index in [9.17, 15) is 0 Å². The number of methoxy groups -OCH3 is 4. The molecule has 3 aromatic carbocycles. The predicted octanol–water partition coefficient (Wildman–Crippen LogP) is 6.39. The second-order valence-corrected chi connectivity index (χ2v) is 8.26. The Morgan fingerprint density at radius 3 is 1.66 bits per heavy atom. The lowest BCUT2D eigenvalue weighted by molar-refractivity contribution is 0.0568. The zero-order chi connectivity index (χ0) is 23.5. The SMILES string of the molecule is COc1c(C)c(C(OC)(c2ccccc2)c2cccc(C(C)C)c2)c(C)c(OC)c1OC. The third-order valence-corrected chi connectivity index (χ3v) is 6.25. The highest BCUT2D eigenvalue weighted by Crippen LogP contribution is 2.52. The van der Waals surface area contributed by atoms with Crippen LogP contribution in [-0.2, 0) is 10.3 Å². The molecule has 0 aliphatic carbocycles. The quantitative estimate of drug-likeness (QED) is 0.385. The molecule has 0 heterocycles. The molecule has 0 fully saturated rings. The highest BCUT2D eigenvalue weighted by atomic mass is 16.5. The molecule has 3 aromatic rings. The minimum absolute atomic E-state index is 0.391. The van der Waals surface area contributed by atoms with Crippen molar-refractivity contribution in [3.63, 3.8) is 0 Å². The summed E-state index contributed by atoms with van der Waals surface area (Å²) in [6.45, 7) is 8.50. The standard InChI is InChI=1S/C28H34O4/c1-18(2)21-13-12-16-23(17-21)28(32-8,22-14-10-9-11-15-22)24-19(3)25(29-5)27(31-7)26(30-6)20(24)4/h9-18H,1-8H3. The third-order valence-electron chi connectivity index (χ3n) is 6.25. The molecule has 170 valence electrons. The van der Waals surface area contributed by atoms with Gasteiger partial charge in [-0.3, -0.25) is 0 Å². The lowest BCUT2D eigenvalue weighted by atomic mass is 9.75. The molecule has 0 amide bonds. The average molecular weight is 435 g/mol. The summed E-state index contributed by atoms with van der Waals surface area (Å²) in [6, 6.07) is 18.9. The van der Waals surface area contributed by atoms with E-state index in [-0.39, 0.29) is 0 Å². The van der Waals surface area contributed by atoms with E-state index in [1.807, 2.05) is 32.0 Å². The molecule has 0 radical (unpaired) electrons. The molecule has 0 aromatic heterocycles. The van der Waals surface area contributed by atoms with Crippen molar-refractivity contribution in [2.45, 2.75) is 39.2 Å². The van der Waals surface area contributed by atoms with E-state index in [4.69, 9.17) is 18.9 Å². The first kappa shape index (κ1) is 23.7. The Labute approximate surface area is 192 Å². The van der Waals surface area contributed by atoms with Gasteiger partial charge >= 0.3 is 0 Å². The largest absolute Gasteiger partial charge is 0.492 e. The van der Waals surface area contributed by atoms with E-state index in [1.165, 1.54) is 5.56 Å². The summed E-state index contributed by atoms with van der Waals surface area (Å²) >= 11 is 0. The molecule has 3 rings (SSSR count). The van der Waals surface area contributed by atoms with Crippen LogP contribution in [0.3, 0.4) is 0 Å². The molecule has 0 saturated heterocycles. The van der Waals surface area contributed by atoms with E-state index in [2.05, 4.69) is 50.2 Å². The van der Waals surface area contributed by atoms with Crippen LogP contribution in [-0.4, -0.2) is 28.4 Å². The fourth-order valence-corrected chi connectivity index (χ4v) is 4.74. The van der Waals surface area contributed by atoms with Crippen LogP contribution in [0.5, 0.6) is 17.2 Å². The minimum atomic E-state index is -0.868. The summed E-state index contributed by atoms with van der Waals surface area (Å²) in [7, 11) is 6.70. The summed E-state index contributed by atoms with van der Waals surface area (Å²) in [6.07, 6.45) is 0. The van der Waals surface area contributed by atoms with Crippen LogP contribution in [0.25, 0.3) is 0 Å². The third kappa shape index (κ3) is 3.73. The van der Waals surface area contributed by atoms with Crippen LogP contribution in [0.15, 0.2) is 54.6 Å². The Hall–Kier alpha value is -2.98. The van der Waals surface area contributed by atoms with Crippen LogP contribution < -0.4 is 14.2 Å². The lowest BCUT2D eigenvalue weighted by Crippen LogP contribution is -2.34. The minimum Gasteiger partial charge on any atom is -0.492 e. The van der Waals surface area contributed by atoms with Gasteiger partial charge in [-0.15, -0.1) is 0 Å². The van der Waals surface area contributed by atoms with E-state index in [0.717, 1.165) is 27.8 Å². The zero-order valence-electron chi connectivity index (χ0n) is 20.4. The molecule has 0 aliphatic heterocycles. The number of benzene rings is 3. The maximum absolute atomic E-state index is 6.51. The van der Waals surface area contributed by atoms with Crippen molar-refractivity contribution in [3.8, 4) is 17.2 Å². The molecule has 0 bridgehead atoms. The summed E-state index contributed by atoms with van der Waals surface area (Å²) in [5.74, 6) is 2.26. The molecule has 0 spiro atoms. The second-order valence-electron chi connectivity index (χ2n) is 8.26. The zero-order valence-corrected chi connectivity index (χ0v) is 20.4. The van der Waals surface area contributed by atoms with Crippen molar-refractivity contribution in [2.24, 2.45) is 0 Å². The fourth-order valence-electron chi connectivity index (χ4n) is 4.74. The second kappa shape index (κ2) is 9.66. The van der Waals surface area contributed by atoms with Gasteiger partial charge < -0.3 is 18.9 Å². The highest BCUT2D eigenvalue weighted by Gasteiger charge is 2.42. The maximum atomic E-state index is 6.51. The van der Waals surface area contributed by atoms with Gasteiger partial charge in [0.25, 0.3) is 0 Å². The number of ether oxygens (including phenoxy) is 4. The van der Waals surface area contributed by atoms with Crippen LogP contribution in [0.2, 0.25) is 0 Å². The monoisotopic (exact) mass is 434 g/mol. The van der Waals surface area contributed by atoms with Crippen molar-refractivity contribution in [1.29, 1.82) is 0 Å². The number of hydrogen-bond acceptors (Lipinski definition) is 4. The summed E-state index contributed by atoms with van der Waals surface area (Å²) in [5.41, 5.74) is 5.35. The first-order valence-corrected chi connectivity index (χ1v) is 10.9. The van der Waals surface area contributed by atoms with Crippen LogP contribution in [0.1, 0.15) is 53.1 Å². The van der Waals surface area contributed by atoms with Gasteiger partial charge in [0.05, 0.1) is 21.3 Å². The van der Waals surface area contributed by atoms with Gasteiger partial charge in [0.15, 0.2) is 11.5 Å². The molecule has 1 atom stereocenters. The number of hydrogen-bond donors (Lipinski definition) is 0. The van der Waals surface area contributed by atoms with Crippen LogP contribution in [0, 0.1) is 13.8 Å². The summed E-state index contributed by atoms with van der Waals surface area (Å²) < 4.78 is 23.8. The van der Waals surface area contributed by atoms with E-state index < -0.39 is 5.60 Å².